The lowest BCUT2D eigenvalue weighted by Crippen LogP contribution is -2.49. The summed E-state index contributed by atoms with van der Waals surface area (Å²) >= 11 is 1.86. The molecule has 3 rings (SSSR count). The monoisotopic (exact) mass is 368 g/mol. The van der Waals surface area contributed by atoms with Crippen molar-refractivity contribution in [1.82, 2.24) is 9.80 Å². The zero-order chi connectivity index (χ0) is 17.9. The lowest BCUT2D eigenvalue weighted by Gasteiger charge is -2.39. The Balaban J connectivity index is 1.64. The normalized spacial score (nSPS) is 24.4. The van der Waals surface area contributed by atoms with E-state index in [1.165, 1.54) is 6.07 Å². The number of thioether (sulfide) groups is 1. The van der Waals surface area contributed by atoms with E-state index >= 15 is 0 Å². The number of rotatable bonds is 6. The first-order valence-corrected chi connectivity index (χ1v) is 10.4. The van der Waals surface area contributed by atoms with E-state index in [1.54, 1.807) is 6.07 Å². The van der Waals surface area contributed by atoms with E-state index in [2.05, 4.69) is 11.2 Å². The van der Waals surface area contributed by atoms with Crippen molar-refractivity contribution in [3.63, 3.8) is 0 Å². The van der Waals surface area contributed by atoms with E-state index in [-0.39, 0.29) is 11.3 Å². The number of carbonyl (C=O) groups excluding carboxylic acids is 1. The number of hydrogen-bond donors (Lipinski definition) is 0. The Labute approximate surface area is 152 Å². The van der Waals surface area contributed by atoms with Gasteiger partial charge in [0.2, 0.25) is 5.91 Å². The van der Waals surface area contributed by atoms with Crippen LogP contribution in [0.4, 0.5) is 8.78 Å². The number of hydrogen-bond acceptors (Lipinski definition) is 3. The average molecular weight is 368 g/mol. The minimum atomic E-state index is -0.850. The molecular weight excluding hydrogens is 342 g/mol. The van der Waals surface area contributed by atoms with E-state index < -0.39 is 11.6 Å². The molecule has 2 heterocycles. The lowest BCUT2D eigenvalue weighted by molar-refractivity contribution is -0.146. The molecule has 2 fully saturated rings. The van der Waals surface area contributed by atoms with E-state index in [0.29, 0.717) is 18.7 Å². The summed E-state index contributed by atoms with van der Waals surface area (Å²) in [6, 6.07) is 3.90. The number of carbonyl (C=O) groups is 1. The third-order valence-electron chi connectivity index (χ3n) is 5.44. The topological polar surface area (TPSA) is 23.6 Å². The SMILES string of the molecule is CSCCCN1CC[C@@]2(CCCN(Cc3ccc(F)c(F)c3)C2=O)C1. The Bertz CT molecular complexity index is 627. The first-order valence-electron chi connectivity index (χ1n) is 8.99. The smallest absolute Gasteiger partial charge is 0.230 e. The molecule has 1 aromatic carbocycles. The molecule has 2 aliphatic heterocycles. The van der Waals surface area contributed by atoms with Crippen LogP contribution in [0.25, 0.3) is 0 Å². The predicted octanol–water partition coefficient (Wildman–Crippen LogP) is 3.53. The molecule has 1 atom stereocenters. The van der Waals surface area contributed by atoms with Gasteiger partial charge in [0.15, 0.2) is 11.6 Å². The summed E-state index contributed by atoms with van der Waals surface area (Å²) in [7, 11) is 0. The Morgan fingerprint density at radius 2 is 2.04 bits per heavy atom. The Hall–Kier alpha value is -1.14. The van der Waals surface area contributed by atoms with Crippen LogP contribution in [0.2, 0.25) is 0 Å². The molecule has 0 radical (unpaired) electrons. The number of likely N-dealkylation sites (tertiary alicyclic amines) is 2. The van der Waals surface area contributed by atoms with Crippen LogP contribution in [-0.2, 0) is 11.3 Å². The van der Waals surface area contributed by atoms with Gasteiger partial charge in [-0.3, -0.25) is 4.79 Å². The van der Waals surface area contributed by atoms with Gasteiger partial charge < -0.3 is 9.80 Å². The van der Waals surface area contributed by atoms with Crippen LogP contribution < -0.4 is 0 Å². The first-order chi connectivity index (χ1) is 12.0. The molecule has 0 N–H and O–H groups in total. The summed E-state index contributed by atoms with van der Waals surface area (Å²) < 4.78 is 26.5. The maximum absolute atomic E-state index is 13.4. The van der Waals surface area contributed by atoms with Gasteiger partial charge in [0, 0.05) is 19.6 Å². The quantitative estimate of drug-likeness (QED) is 0.718. The second kappa shape index (κ2) is 8.04. The highest BCUT2D eigenvalue weighted by Gasteiger charge is 2.47. The second-order valence-corrected chi connectivity index (χ2v) is 8.22. The number of piperidine rings is 1. The summed E-state index contributed by atoms with van der Waals surface area (Å²) in [6.07, 6.45) is 6.11. The van der Waals surface area contributed by atoms with Crippen molar-refractivity contribution < 1.29 is 13.6 Å². The van der Waals surface area contributed by atoms with Crippen LogP contribution in [0.15, 0.2) is 18.2 Å². The largest absolute Gasteiger partial charge is 0.338 e. The van der Waals surface area contributed by atoms with Crippen molar-refractivity contribution in [3.8, 4) is 0 Å². The maximum atomic E-state index is 13.4. The van der Waals surface area contributed by atoms with Crippen molar-refractivity contribution in [1.29, 1.82) is 0 Å². The maximum Gasteiger partial charge on any atom is 0.230 e. The van der Waals surface area contributed by atoms with Gasteiger partial charge in [-0.2, -0.15) is 11.8 Å². The Morgan fingerprint density at radius 3 is 2.80 bits per heavy atom. The molecule has 2 saturated heterocycles. The lowest BCUT2D eigenvalue weighted by atomic mass is 9.78. The van der Waals surface area contributed by atoms with Crippen molar-refractivity contribution >= 4 is 17.7 Å². The minimum absolute atomic E-state index is 0.191. The second-order valence-electron chi connectivity index (χ2n) is 7.23. The summed E-state index contributed by atoms with van der Waals surface area (Å²) in [6.45, 7) is 3.95. The molecule has 0 aliphatic carbocycles. The van der Waals surface area contributed by atoms with Crippen molar-refractivity contribution in [2.24, 2.45) is 5.41 Å². The molecular formula is C19H26F2N2OS. The summed E-state index contributed by atoms with van der Waals surface area (Å²) in [5.74, 6) is -0.352. The summed E-state index contributed by atoms with van der Waals surface area (Å²) in [5, 5.41) is 0. The van der Waals surface area contributed by atoms with Gasteiger partial charge in [0.05, 0.1) is 5.41 Å². The van der Waals surface area contributed by atoms with Gasteiger partial charge in [0.1, 0.15) is 0 Å². The number of benzene rings is 1. The molecule has 138 valence electrons. The minimum Gasteiger partial charge on any atom is -0.338 e. The molecule has 0 bridgehead atoms. The van der Waals surface area contributed by atoms with Crippen LogP contribution >= 0.6 is 11.8 Å². The highest BCUT2D eigenvalue weighted by molar-refractivity contribution is 7.98. The number of amides is 1. The number of nitrogens with zero attached hydrogens (tertiary/aromatic N) is 2. The van der Waals surface area contributed by atoms with Crippen molar-refractivity contribution in [2.75, 3.05) is 38.2 Å². The summed E-state index contributed by atoms with van der Waals surface area (Å²) in [5.41, 5.74) is 0.384. The molecule has 2 aliphatic rings. The molecule has 6 heteroatoms. The van der Waals surface area contributed by atoms with E-state index in [4.69, 9.17) is 0 Å². The zero-order valence-electron chi connectivity index (χ0n) is 14.8. The highest BCUT2D eigenvalue weighted by atomic mass is 32.2. The van der Waals surface area contributed by atoms with Crippen molar-refractivity contribution in [3.05, 3.63) is 35.4 Å². The number of halogens is 2. The zero-order valence-corrected chi connectivity index (χ0v) is 15.6. The van der Waals surface area contributed by atoms with Gasteiger partial charge in [0.25, 0.3) is 0 Å². The predicted molar refractivity (Wildman–Crippen MR) is 97.5 cm³/mol. The van der Waals surface area contributed by atoms with Crippen LogP contribution in [0.3, 0.4) is 0 Å². The van der Waals surface area contributed by atoms with Gasteiger partial charge in [-0.05, 0) is 68.5 Å². The molecule has 1 aromatic rings. The third-order valence-corrected chi connectivity index (χ3v) is 6.13. The van der Waals surface area contributed by atoms with E-state index in [9.17, 15) is 13.6 Å². The molecule has 0 aromatic heterocycles. The molecule has 1 spiro atoms. The van der Waals surface area contributed by atoms with E-state index in [1.807, 2.05) is 16.7 Å². The fourth-order valence-corrected chi connectivity index (χ4v) is 4.54. The van der Waals surface area contributed by atoms with Crippen LogP contribution in [0, 0.1) is 17.0 Å². The highest BCUT2D eigenvalue weighted by Crippen LogP contribution is 2.40. The first kappa shape index (κ1) is 18.6. The molecule has 25 heavy (non-hydrogen) atoms. The van der Waals surface area contributed by atoms with Crippen LogP contribution in [0.5, 0.6) is 0 Å². The fourth-order valence-electron chi connectivity index (χ4n) is 4.12. The van der Waals surface area contributed by atoms with E-state index in [0.717, 1.165) is 57.1 Å². The molecule has 1 amide bonds. The fraction of sp³-hybridized carbons (Fsp3) is 0.632. The molecule has 0 unspecified atom stereocenters. The standard InChI is InChI=1S/C19H26F2N2OS/c1-25-11-3-8-22-10-7-19(14-22)6-2-9-23(18(19)24)13-15-4-5-16(20)17(21)12-15/h4-5,12H,2-3,6-11,13-14H2,1H3/t19-/m0/s1. The Morgan fingerprint density at radius 1 is 1.20 bits per heavy atom. The summed E-state index contributed by atoms with van der Waals surface area (Å²) in [4.78, 5) is 17.4. The molecule has 3 nitrogen and oxygen atoms in total. The van der Waals surface area contributed by atoms with Crippen LogP contribution in [0.1, 0.15) is 31.2 Å². The molecule has 0 saturated carbocycles. The van der Waals surface area contributed by atoms with Gasteiger partial charge >= 0.3 is 0 Å². The van der Waals surface area contributed by atoms with Gasteiger partial charge in [-0.15, -0.1) is 0 Å². The van der Waals surface area contributed by atoms with Crippen molar-refractivity contribution in [2.45, 2.75) is 32.2 Å². The third kappa shape index (κ3) is 4.17. The van der Waals surface area contributed by atoms with Crippen LogP contribution in [-0.4, -0.2) is 53.9 Å². The van der Waals surface area contributed by atoms with Gasteiger partial charge in [-0.1, -0.05) is 6.07 Å². The van der Waals surface area contributed by atoms with Gasteiger partial charge in [-0.25, -0.2) is 8.78 Å². The average Bonchev–Trinajstić information content (AvgIpc) is 3.00. The Kier molecular flexibility index (Phi) is 6.00.